The Balaban J connectivity index is 2.24. The van der Waals surface area contributed by atoms with Crippen LogP contribution in [0.25, 0.3) is 0 Å². The van der Waals surface area contributed by atoms with Gasteiger partial charge in [0.2, 0.25) is 5.75 Å². The summed E-state index contributed by atoms with van der Waals surface area (Å²) in [5, 5.41) is 11.0. The van der Waals surface area contributed by atoms with Gasteiger partial charge >= 0.3 is 5.69 Å². The maximum absolute atomic E-state index is 11.0. The third kappa shape index (κ3) is 3.42. The Morgan fingerprint density at radius 1 is 1.37 bits per heavy atom. The Morgan fingerprint density at radius 2 is 2.11 bits per heavy atom. The highest BCUT2D eigenvalue weighted by Crippen LogP contribution is 2.35. The van der Waals surface area contributed by atoms with Crippen molar-refractivity contribution in [1.29, 1.82) is 0 Å². The van der Waals surface area contributed by atoms with Gasteiger partial charge in [-0.15, -0.1) is 0 Å². The van der Waals surface area contributed by atoms with E-state index in [1.807, 2.05) is 0 Å². The van der Waals surface area contributed by atoms with E-state index in [9.17, 15) is 10.1 Å². The summed E-state index contributed by atoms with van der Waals surface area (Å²) in [7, 11) is 0. The molecule has 0 bridgehead atoms. The standard InChI is InChI=1S/C12H16BrN3O3/c13-8-6-15-7-10(16(17)18)12(8)19-11-5-3-1-2-4-9(11)14/h6-7,9,11H,1-5,14H2. The second-order valence-corrected chi connectivity index (χ2v) is 5.54. The number of nitrogens with two attached hydrogens (primary N) is 1. The number of hydrogen-bond acceptors (Lipinski definition) is 5. The summed E-state index contributed by atoms with van der Waals surface area (Å²) in [6.45, 7) is 0. The number of aromatic nitrogens is 1. The summed E-state index contributed by atoms with van der Waals surface area (Å²) in [5.74, 6) is 0.224. The largest absolute Gasteiger partial charge is 0.481 e. The van der Waals surface area contributed by atoms with Crippen molar-refractivity contribution >= 4 is 21.6 Å². The number of nitro groups is 1. The molecule has 1 aliphatic carbocycles. The number of halogens is 1. The van der Waals surface area contributed by atoms with Crippen molar-refractivity contribution in [2.24, 2.45) is 5.73 Å². The molecule has 0 spiro atoms. The molecule has 1 heterocycles. The highest BCUT2D eigenvalue weighted by molar-refractivity contribution is 9.10. The van der Waals surface area contributed by atoms with Gasteiger partial charge in [-0.05, 0) is 35.2 Å². The van der Waals surface area contributed by atoms with Crippen LogP contribution < -0.4 is 10.5 Å². The third-order valence-electron chi connectivity index (χ3n) is 3.30. The molecule has 6 nitrogen and oxygen atoms in total. The van der Waals surface area contributed by atoms with Gasteiger partial charge in [-0.2, -0.15) is 0 Å². The van der Waals surface area contributed by atoms with E-state index in [0.29, 0.717) is 4.47 Å². The molecule has 1 aromatic rings. The zero-order valence-electron chi connectivity index (χ0n) is 10.4. The number of rotatable bonds is 3. The molecule has 7 heteroatoms. The van der Waals surface area contributed by atoms with Crippen LogP contribution in [0.15, 0.2) is 16.9 Å². The fourth-order valence-corrected chi connectivity index (χ4v) is 2.67. The van der Waals surface area contributed by atoms with Crippen LogP contribution in [0.2, 0.25) is 0 Å². The van der Waals surface area contributed by atoms with E-state index < -0.39 is 4.92 Å². The number of ether oxygens (including phenoxy) is 1. The van der Waals surface area contributed by atoms with Gasteiger partial charge in [-0.1, -0.05) is 12.8 Å². The summed E-state index contributed by atoms with van der Waals surface area (Å²) >= 11 is 3.25. The fourth-order valence-electron chi connectivity index (χ4n) is 2.26. The zero-order chi connectivity index (χ0) is 13.8. The van der Waals surface area contributed by atoms with Crippen LogP contribution in [0, 0.1) is 10.1 Å². The molecule has 0 aromatic carbocycles. The first-order chi connectivity index (χ1) is 9.09. The topological polar surface area (TPSA) is 91.3 Å². The minimum atomic E-state index is -0.491. The predicted molar refractivity (Wildman–Crippen MR) is 74.1 cm³/mol. The SMILES string of the molecule is NC1CCCCCC1Oc1c(Br)cncc1[N+](=O)[O-]. The minimum absolute atomic E-state index is 0.0813. The van der Waals surface area contributed by atoms with E-state index in [2.05, 4.69) is 20.9 Å². The molecule has 1 aliphatic rings. The second-order valence-electron chi connectivity index (χ2n) is 4.68. The van der Waals surface area contributed by atoms with E-state index in [1.54, 1.807) is 0 Å². The molecule has 104 valence electrons. The highest BCUT2D eigenvalue weighted by Gasteiger charge is 2.27. The van der Waals surface area contributed by atoms with Gasteiger partial charge in [-0.3, -0.25) is 15.1 Å². The van der Waals surface area contributed by atoms with Gasteiger partial charge in [0.15, 0.2) is 0 Å². The average molecular weight is 330 g/mol. The molecule has 0 amide bonds. The normalized spacial score (nSPS) is 23.7. The average Bonchev–Trinajstić information content (AvgIpc) is 2.57. The molecular formula is C12H16BrN3O3. The van der Waals surface area contributed by atoms with Gasteiger partial charge in [0.25, 0.3) is 0 Å². The summed E-state index contributed by atoms with van der Waals surface area (Å²) in [6, 6.07) is -0.0813. The molecule has 19 heavy (non-hydrogen) atoms. The molecule has 1 fully saturated rings. The summed E-state index contributed by atoms with van der Waals surface area (Å²) in [6.07, 6.45) is 7.48. The monoisotopic (exact) mass is 329 g/mol. The number of pyridine rings is 1. The Hall–Kier alpha value is -1.21. The second kappa shape index (κ2) is 6.29. The van der Waals surface area contributed by atoms with E-state index in [1.165, 1.54) is 12.4 Å². The van der Waals surface area contributed by atoms with Crippen LogP contribution in [0.1, 0.15) is 32.1 Å². The van der Waals surface area contributed by atoms with Gasteiger partial charge in [0.1, 0.15) is 12.3 Å². The number of nitrogens with zero attached hydrogens (tertiary/aromatic N) is 2. The minimum Gasteiger partial charge on any atom is -0.481 e. The Kier molecular flexibility index (Phi) is 4.71. The van der Waals surface area contributed by atoms with Crippen molar-refractivity contribution in [3.8, 4) is 5.75 Å². The molecule has 0 radical (unpaired) electrons. The quantitative estimate of drug-likeness (QED) is 0.523. The van der Waals surface area contributed by atoms with Crippen LogP contribution in [-0.4, -0.2) is 22.1 Å². The summed E-state index contributed by atoms with van der Waals surface area (Å²) < 4.78 is 6.30. The molecule has 2 unspecified atom stereocenters. The lowest BCUT2D eigenvalue weighted by Crippen LogP contribution is -2.38. The lowest BCUT2D eigenvalue weighted by molar-refractivity contribution is -0.386. The Morgan fingerprint density at radius 3 is 2.84 bits per heavy atom. The van der Waals surface area contributed by atoms with Crippen molar-refractivity contribution in [3.63, 3.8) is 0 Å². The van der Waals surface area contributed by atoms with E-state index >= 15 is 0 Å². The first kappa shape index (κ1) is 14.2. The van der Waals surface area contributed by atoms with E-state index in [0.717, 1.165) is 32.1 Å². The molecule has 2 atom stereocenters. The van der Waals surface area contributed by atoms with Crippen LogP contribution in [0.3, 0.4) is 0 Å². The molecule has 0 saturated heterocycles. The van der Waals surface area contributed by atoms with Crippen LogP contribution in [0.5, 0.6) is 5.75 Å². The first-order valence-electron chi connectivity index (χ1n) is 6.29. The number of hydrogen-bond donors (Lipinski definition) is 1. The predicted octanol–water partition coefficient (Wildman–Crippen LogP) is 2.79. The van der Waals surface area contributed by atoms with E-state index in [-0.39, 0.29) is 23.6 Å². The lowest BCUT2D eigenvalue weighted by atomic mass is 10.1. The molecule has 1 saturated carbocycles. The van der Waals surface area contributed by atoms with Gasteiger partial charge in [0, 0.05) is 12.2 Å². The van der Waals surface area contributed by atoms with E-state index in [4.69, 9.17) is 10.5 Å². The fraction of sp³-hybridized carbons (Fsp3) is 0.583. The molecule has 2 rings (SSSR count). The zero-order valence-corrected chi connectivity index (χ0v) is 12.0. The van der Waals surface area contributed by atoms with Crippen LogP contribution in [0.4, 0.5) is 5.69 Å². The lowest BCUT2D eigenvalue weighted by Gasteiger charge is -2.23. The third-order valence-corrected chi connectivity index (χ3v) is 3.87. The van der Waals surface area contributed by atoms with Gasteiger partial charge in [0.05, 0.1) is 9.40 Å². The van der Waals surface area contributed by atoms with Crippen molar-refractivity contribution in [2.75, 3.05) is 0 Å². The van der Waals surface area contributed by atoms with Crippen LogP contribution in [-0.2, 0) is 0 Å². The molecule has 2 N–H and O–H groups in total. The van der Waals surface area contributed by atoms with Gasteiger partial charge < -0.3 is 10.5 Å². The Bertz CT molecular complexity index is 470. The molecule has 1 aromatic heterocycles. The molecular weight excluding hydrogens is 314 g/mol. The summed E-state index contributed by atoms with van der Waals surface area (Å²) in [4.78, 5) is 14.3. The van der Waals surface area contributed by atoms with Crippen LogP contribution >= 0.6 is 15.9 Å². The van der Waals surface area contributed by atoms with Crippen molar-refractivity contribution < 1.29 is 9.66 Å². The van der Waals surface area contributed by atoms with Crippen molar-refractivity contribution in [3.05, 3.63) is 27.0 Å². The maximum Gasteiger partial charge on any atom is 0.330 e. The smallest absolute Gasteiger partial charge is 0.330 e. The van der Waals surface area contributed by atoms with Crippen molar-refractivity contribution in [2.45, 2.75) is 44.2 Å². The summed E-state index contributed by atoms with van der Waals surface area (Å²) in [5.41, 5.74) is 5.94. The highest BCUT2D eigenvalue weighted by atomic mass is 79.9. The Labute approximate surface area is 119 Å². The molecule has 0 aliphatic heterocycles. The first-order valence-corrected chi connectivity index (χ1v) is 7.09. The van der Waals surface area contributed by atoms with Gasteiger partial charge in [-0.25, -0.2) is 0 Å². The maximum atomic E-state index is 11.0. The van der Waals surface area contributed by atoms with Crippen molar-refractivity contribution in [1.82, 2.24) is 4.98 Å².